The number of Topliss-reactive ketones (excluding diaryl/α,β-unsaturated/α-hetero) is 1. The molecule has 0 spiro atoms. The van der Waals surface area contributed by atoms with Gasteiger partial charge in [0.2, 0.25) is 11.6 Å². The van der Waals surface area contributed by atoms with Crippen molar-refractivity contribution in [1.82, 2.24) is 0 Å². The zero-order valence-electron chi connectivity index (χ0n) is 14.8. The Morgan fingerprint density at radius 3 is 2.16 bits per heavy atom. The Morgan fingerprint density at radius 2 is 1.64 bits per heavy atom. The maximum atomic E-state index is 13.4. The van der Waals surface area contributed by atoms with E-state index in [1.54, 1.807) is 6.08 Å². The van der Waals surface area contributed by atoms with E-state index in [4.69, 9.17) is 18.9 Å². The molecule has 25 heavy (non-hydrogen) atoms. The van der Waals surface area contributed by atoms with Crippen molar-refractivity contribution in [2.75, 3.05) is 28.4 Å². The highest BCUT2D eigenvalue weighted by Gasteiger charge is 2.68. The maximum Gasteiger partial charge on any atom is 0.334 e. The second kappa shape index (κ2) is 6.37. The highest BCUT2D eigenvalue weighted by atomic mass is 16.7. The van der Waals surface area contributed by atoms with Crippen LogP contribution in [0.25, 0.3) is 0 Å². The lowest BCUT2D eigenvalue weighted by molar-refractivity contribution is -0.255. The minimum absolute atomic E-state index is 0.247. The lowest BCUT2D eigenvalue weighted by Crippen LogP contribution is -2.69. The Hall–Kier alpha value is -2.02. The average molecular weight is 346 g/mol. The van der Waals surface area contributed by atoms with Crippen LogP contribution >= 0.6 is 0 Å². The third kappa shape index (κ3) is 2.28. The van der Waals surface area contributed by atoms with E-state index in [1.807, 2.05) is 30.3 Å². The van der Waals surface area contributed by atoms with Gasteiger partial charge in [-0.15, -0.1) is 0 Å². The molecule has 3 aliphatic carbocycles. The van der Waals surface area contributed by atoms with E-state index in [9.17, 15) is 9.59 Å². The van der Waals surface area contributed by atoms with E-state index < -0.39 is 23.3 Å². The Bertz CT molecular complexity index is 706. The van der Waals surface area contributed by atoms with Gasteiger partial charge in [-0.05, 0) is 18.1 Å². The Kier molecular flexibility index (Phi) is 4.53. The van der Waals surface area contributed by atoms with E-state index in [0.29, 0.717) is 12.0 Å². The molecule has 6 nitrogen and oxygen atoms in total. The standard InChI is InChI=1S/C19H22O6/c1-22-16(20)13-11-18(23-2)14(12-8-6-5-7-9-12)10-15(13)19(24-3,25-4)17(18)21/h5-9,11,14-15H,10H2,1-4H3/t14-,15-,18+/m0/s1. The summed E-state index contributed by atoms with van der Waals surface area (Å²) in [6, 6.07) is 9.64. The molecule has 0 radical (unpaired) electrons. The molecular weight excluding hydrogens is 324 g/mol. The number of hydrogen-bond acceptors (Lipinski definition) is 6. The third-order valence-corrected chi connectivity index (χ3v) is 5.43. The van der Waals surface area contributed by atoms with Crippen LogP contribution in [0, 0.1) is 5.92 Å². The summed E-state index contributed by atoms with van der Waals surface area (Å²) in [7, 11) is 5.57. The molecule has 0 heterocycles. The SMILES string of the molecule is COC(=O)C1=C[C@]2(OC)C(=O)C(OC)(OC)[C@H]1C[C@H]2c1ccccc1. The molecule has 3 aliphatic rings. The molecular formula is C19H22O6. The van der Waals surface area contributed by atoms with Crippen molar-refractivity contribution in [1.29, 1.82) is 0 Å². The fraction of sp³-hybridized carbons (Fsp3) is 0.474. The van der Waals surface area contributed by atoms with Crippen LogP contribution in [-0.4, -0.2) is 51.6 Å². The zero-order chi connectivity index (χ0) is 18.2. The fourth-order valence-corrected chi connectivity index (χ4v) is 4.22. The fourth-order valence-electron chi connectivity index (χ4n) is 4.22. The number of hydrogen-bond donors (Lipinski definition) is 0. The highest BCUT2D eigenvalue weighted by Crippen LogP contribution is 2.56. The van der Waals surface area contributed by atoms with Gasteiger partial charge in [0, 0.05) is 32.8 Å². The molecule has 0 amide bonds. The summed E-state index contributed by atoms with van der Waals surface area (Å²) < 4.78 is 21.7. The first-order valence-corrected chi connectivity index (χ1v) is 8.07. The minimum Gasteiger partial charge on any atom is -0.466 e. The van der Waals surface area contributed by atoms with Gasteiger partial charge in [0.05, 0.1) is 13.0 Å². The van der Waals surface area contributed by atoms with Crippen LogP contribution in [0.5, 0.6) is 0 Å². The molecule has 0 aromatic heterocycles. The smallest absolute Gasteiger partial charge is 0.334 e. The number of ketones is 1. The molecule has 3 atom stereocenters. The summed E-state index contributed by atoms with van der Waals surface area (Å²) in [5.41, 5.74) is -0.0467. The number of rotatable bonds is 5. The lowest BCUT2D eigenvalue weighted by Gasteiger charge is -2.55. The maximum absolute atomic E-state index is 13.4. The minimum atomic E-state index is -1.57. The predicted octanol–water partition coefficient (Wildman–Crippen LogP) is 1.85. The van der Waals surface area contributed by atoms with Crippen molar-refractivity contribution in [2.24, 2.45) is 5.92 Å². The van der Waals surface area contributed by atoms with E-state index >= 15 is 0 Å². The Morgan fingerprint density at radius 1 is 1.00 bits per heavy atom. The van der Waals surface area contributed by atoms with Gasteiger partial charge in [-0.3, -0.25) is 4.79 Å². The summed E-state index contributed by atoms with van der Waals surface area (Å²) in [5.74, 6) is -3.25. The molecule has 1 fully saturated rings. The zero-order valence-corrected chi connectivity index (χ0v) is 14.8. The first kappa shape index (κ1) is 17.8. The second-order valence-electron chi connectivity index (χ2n) is 6.24. The van der Waals surface area contributed by atoms with Gasteiger partial charge in [0.1, 0.15) is 0 Å². The van der Waals surface area contributed by atoms with Gasteiger partial charge in [0.15, 0.2) is 5.60 Å². The number of ether oxygens (including phenoxy) is 4. The Labute approximate surface area is 146 Å². The van der Waals surface area contributed by atoms with Crippen molar-refractivity contribution < 1.29 is 28.5 Å². The van der Waals surface area contributed by atoms with Crippen LogP contribution in [0.15, 0.2) is 42.0 Å². The topological polar surface area (TPSA) is 71.1 Å². The molecule has 0 unspecified atom stereocenters. The molecule has 0 N–H and O–H groups in total. The summed E-state index contributed by atoms with van der Waals surface area (Å²) in [5, 5.41) is 0. The molecule has 1 aromatic rings. The van der Waals surface area contributed by atoms with Crippen LogP contribution in [-0.2, 0) is 28.5 Å². The van der Waals surface area contributed by atoms with Crippen LogP contribution < -0.4 is 0 Å². The van der Waals surface area contributed by atoms with E-state index in [-0.39, 0.29) is 11.7 Å². The van der Waals surface area contributed by atoms with Crippen LogP contribution in [0.4, 0.5) is 0 Å². The summed E-state index contributed by atoms with van der Waals surface area (Å²) in [6.45, 7) is 0. The van der Waals surface area contributed by atoms with Gasteiger partial charge in [-0.1, -0.05) is 30.3 Å². The molecule has 1 aromatic carbocycles. The van der Waals surface area contributed by atoms with Crippen molar-refractivity contribution in [2.45, 2.75) is 23.7 Å². The first-order chi connectivity index (χ1) is 12.0. The highest BCUT2D eigenvalue weighted by molar-refractivity contribution is 6.04. The van der Waals surface area contributed by atoms with Gasteiger partial charge in [-0.25, -0.2) is 4.79 Å². The molecule has 0 aliphatic heterocycles. The molecule has 6 heteroatoms. The van der Waals surface area contributed by atoms with Crippen LogP contribution in [0.1, 0.15) is 17.9 Å². The molecule has 4 rings (SSSR count). The predicted molar refractivity (Wildman–Crippen MR) is 88.9 cm³/mol. The normalized spacial score (nSPS) is 30.1. The van der Waals surface area contributed by atoms with Crippen molar-refractivity contribution in [3.8, 4) is 0 Å². The van der Waals surface area contributed by atoms with Gasteiger partial charge in [0.25, 0.3) is 0 Å². The Balaban J connectivity index is 2.22. The molecule has 134 valence electrons. The van der Waals surface area contributed by atoms with E-state index in [2.05, 4.69) is 0 Å². The average Bonchev–Trinajstić information content (AvgIpc) is 2.68. The van der Waals surface area contributed by atoms with Crippen molar-refractivity contribution >= 4 is 11.8 Å². The van der Waals surface area contributed by atoms with Crippen LogP contribution in [0.2, 0.25) is 0 Å². The van der Waals surface area contributed by atoms with Gasteiger partial charge in [-0.2, -0.15) is 0 Å². The van der Waals surface area contributed by atoms with Crippen LogP contribution in [0.3, 0.4) is 0 Å². The number of benzene rings is 1. The van der Waals surface area contributed by atoms with Gasteiger partial charge >= 0.3 is 5.97 Å². The van der Waals surface area contributed by atoms with E-state index in [0.717, 1.165) is 5.56 Å². The quantitative estimate of drug-likeness (QED) is 0.598. The summed E-state index contributed by atoms with van der Waals surface area (Å²) >= 11 is 0. The number of esters is 1. The monoisotopic (exact) mass is 346 g/mol. The number of carbonyl (C=O) groups is 2. The molecule has 2 bridgehead atoms. The summed E-state index contributed by atoms with van der Waals surface area (Å²) in [6.07, 6.45) is 2.05. The molecule has 1 saturated carbocycles. The number of fused-ring (bicyclic) bond motifs is 2. The van der Waals surface area contributed by atoms with Crippen molar-refractivity contribution in [3.05, 3.63) is 47.5 Å². The number of methoxy groups -OCH3 is 4. The van der Waals surface area contributed by atoms with Gasteiger partial charge < -0.3 is 18.9 Å². The summed E-state index contributed by atoms with van der Waals surface area (Å²) in [4.78, 5) is 25.7. The first-order valence-electron chi connectivity index (χ1n) is 8.07. The molecule has 0 saturated heterocycles. The lowest BCUT2D eigenvalue weighted by atomic mass is 9.57. The largest absolute Gasteiger partial charge is 0.466 e. The van der Waals surface area contributed by atoms with Crippen molar-refractivity contribution in [3.63, 3.8) is 0 Å². The van der Waals surface area contributed by atoms with E-state index in [1.165, 1.54) is 28.4 Å². The number of carbonyl (C=O) groups excluding carboxylic acids is 2. The second-order valence-corrected chi connectivity index (χ2v) is 6.24. The third-order valence-electron chi connectivity index (χ3n) is 5.43.